The zero-order valence-electron chi connectivity index (χ0n) is 13.4. The summed E-state index contributed by atoms with van der Waals surface area (Å²) in [7, 11) is 1.63. The van der Waals surface area contributed by atoms with Crippen molar-refractivity contribution in [3.63, 3.8) is 0 Å². The maximum atomic E-state index is 5.75. The second kappa shape index (κ2) is 6.81. The van der Waals surface area contributed by atoms with Crippen LogP contribution in [0.1, 0.15) is 19.1 Å². The molecule has 3 aromatic rings. The number of anilines is 2. The predicted molar refractivity (Wildman–Crippen MR) is 101 cm³/mol. The summed E-state index contributed by atoms with van der Waals surface area (Å²) in [4.78, 5) is 13.3. The standard InChI is InChI=1S/C16H16BrN5O2S/c1-23-10-5-2-4-9(12(10)17)19-14-13-15(21-16(25)20-14)22(8-18-13)11-6-3-7-24-11/h2,4-5,8,11H,3,6-7H2,1H3,(H2,19,20,21,25). The van der Waals surface area contributed by atoms with E-state index in [1.165, 1.54) is 0 Å². The largest absolute Gasteiger partial charge is 0.495 e. The zero-order valence-corrected chi connectivity index (χ0v) is 15.9. The van der Waals surface area contributed by atoms with Crippen molar-refractivity contribution in [3.05, 3.63) is 29.0 Å². The fourth-order valence-corrected chi connectivity index (χ4v) is 3.60. The van der Waals surface area contributed by atoms with Crippen LogP contribution in [-0.4, -0.2) is 33.2 Å². The molecule has 0 amide bonds. The highest BCUT2D eigenvalue weighted by Crippen LogP contribution is 2.35. The summed E-state index contributed by atoms with van der Waals surface area (Å²) in [5.74, 6) is 1.31. The Morgan fingerprint density at radius 3 is 3.04 bits per heavy atom. The number of nitrogens with zero attached hydrogens (tertiary/aromatic N) is 4. The van der Waals surface area contributed by atoms with E-state index in [1.54, 1.807) is 13.4 Å². The lowest BCUT2D eigenvalue weighted by Crippen LogP contribution is -2.07. The molecule has 1 fully saturated rings. The highest BCUT2D eigenvalue weighted by atomic mass is 79.9. The smallest absolute Gasteiger partial charge is 0.188 e. The van der Waals surface area contributed by atoms with E-state index >= 15 is 0 Å². The number of benzene rings is 1. The summed E-state index contributed by atoms with van der Waals surface area (Å²) in [6, 6.07) is 5.70. The predicted octanol–water partition coefficient (Wildman–Crippen LogP) is 3.94. The monoisotopic (exact) mass is 421 g/mol. The highest BCUT2D eigenvalue weighted by Gasteiger charge is 2.22. The van der Waals surface area contributed by atoms with Crippen LogP contribution in [0.5, 0.6) is 5.75 Å². The van der Waals surface area contributed by atoms with Crippen LogP contribution in [0.2, 0.25) is 0 Å². The fourth-order valence-electron chi connectivity index (χ4n) is 2.88. The third kappa shape index (κ3) is 3.07. The van der Waals surface area contributed by atoms with E-state index in [9.17, 15) is 0 Å². The number of ether oxygens (including phenoxy) is 2. The van der Waals surface area contributed by atoms with Gasteiger partial charge in [0.25, 0.3) is 0 Å². The van der Waals surface area contributed by atoms with Crippen LogP contribution >= 0.6 is 28.6 Å². The molecule has 1 atom stereocenters. The SMILES string of the molecule is COc1cccc(Nc2nc(S)nc3c2ncn3C2CCCO2)c1Br. The van der Waals surface area contributed by atoms with Gasteiger partial charge in [0.15, 0.2) is 22.1 Å². The molecule has 1 aromatic carbocycles. The van der Waals surface area contributed by atoms with Crippen molar-refractivity contribution in [2.75, 3.05) is 19.0 Å². The van der Waals surface area contributed by atoms with Crippen molar-refractivity contribution in [3.8, 4) is 5.75 Å². The molecule has 0 spiro atoms. The fraction of sp³-hybridized carbons (Fsp3) is 0.312. The normalized spacial score (nSPS) is 17.2. The van der Waals surface area contributed by atoms with Gasteiger partial charge in [-0.2, -0.15) is 0 Å². The molecular formula is C16H16BrN5O2S. The molecule has 0 aliphatic carbocycles. The lowest BCUT2D eigenvalue weighted by Gasteiger charge is -2.13. The van der Waals surface area contributed by atoms with Gasteiger partial charge in [-0.05, 0) is 40.9 Å². The average molecular weight is 422 g/mol. The Labute approximate surface area is 158 Å². The van der Waals surface area contributed by atoms with Gasteiger partial charge in [-0.25, -0.2) is 15.0 Å². The van der Waals surface area contributed by atoms with E-state index in [1.807, 2.05) is 22.8 Å². The van der Waals surface area contributed by atoms with Crippen LogP contribution < -0.4 is 10.1 Å². The van der Waals surface area contributed by atoms with E-state index in [0.29, 0.717) is 22.1 Å². The van der Waals surface area contributed by atoms with Crippen LogP contribution in [0.3, 0.4) is 0 Å². The topological polar surface area (TPSA) is 74.1 Å². The number of hydrogen-bond donors (Lipinski definition) is 2. The molecule has 25 heavy (non-hydrogen) atoms. The molecular weight excluding hydrogens is 406 g/mol. The van der Waals surface area contributed by atoms with Crippen molar-refractivity contribution in [1.29, 1.82) is 0 Å². The number of nitrogens with one attached hydrogen (secondary N) is 1. The maximum absolute atomic E-state index is 5.75. The lowest BCUT2D eigenvalue weighted by atomic mass is 10.3. The Bertz CT molecular complexity index is 926. The second-order valence-electron chi connectivity index (χ2n) is 5.61. The van der Waals surface area contributed by atoms with Gasteiger partial charge in [-0.3, -0.25) is 4.57 Å². The van der Waals surface area contributed by atoms with Gasteiger partial charge < -0.3 is 14.8 Å². The number of hydrogen-bond acceptors (Lipinski definition) is 7. The number of imidazole rings is 1. The van der Waals surface area contributed by atoms with Gasteiger partial charge in [-0.15, -0.1) is 12.6 Å². The molecule has 0 saturated carbocycles. The Kier molecular flexibility index (Phi) is 4.53. The van der Waals surface area contributed by atoms with Crippen LogP contribution in [0.15, 0.2) is 34.2 Å². The molecule has 1 aliphatic rings. The first-order valence-corrected chi connectivity index (χ1v) is 9.06. The summed E-state index contributed by atoms with van der Waals surface area (Å²) in [6.07, 6.45) is 3.69. The van der Waals surface area contributed by atoms with Crippen LogP contribution in [0, 0.1) is 0 Å². The number of rotatable bonds is 4. The summed E-state index contributed by atoms with van der Waals surface area (Å²) < 4.78 is 13.8. The van der Waals surface area contributed by atoms with E-state index in [4.69, 9.17) is 9.47 Å². The Morgan fingerprint density at radius 2 is 2.28 bits per heavy atom. The summed E-state index contributed by atoms with van der Waals surface area (Å²) in [5.41, 5.74) is 2.19. The minimum absolute atomic E-state index is 0.0379. The minimum Gasteiger partial charge on any atom is -0.495 e. The molecule has 4 rings (SSSR count). The third-order valence-electron chi connectivity index (χ3n) is 4.06. The first-order valence-electron chi connectivity index (χ1n) is 7.82. The second-order valence-corrected chi connectivity index (χ2v) is 6.80. The minimum atomic E-state index is -0.0379. The molecule has 0 bridgehead atoms. The average Bonchev–Trinajstić information content (AvgIpc) is 3.25. The first-order chi connectivity index (χ1) is 12.2. The Hall–Kier alpha value is -1.84. The van der Waals surface area contributed by atoms with E-state index < -0.39 is 0 Å². The van der Waals surface area contributed by atoms with Crippen molar-refractivity contribution in [2.24, 2.45) is 0 Å². The van der Waals surface area contributed by atoms with Gasteiger partial charge in [0.05, 0.1) is 23.6 Å². The summed E-state index contributed by atoms with van der Waals surface area (Å²) >= 11 is 7.89. The van der Waals surface area contributed by atoms with Crippen molar-refractivity contribution in [1.82, 2.24) is 19.5 Å². The number of aromatic nitrogens is 4. The van der Waals surface area contributed by atoms with Crippen LogP contribution in [0.25, 0.3) is 11.2 Å². The molecule has 2 aromatic heterocycles. The molecule has 7 nitrogen and oxygen atoms in total. The molecule has 1 saturated heterocycles. The highest BCUT2D eigenvalue weighted by molar-refractivity contribution is 9.10. The zero-order chi connectivity index (χ0) is 17.4. The molecule has 0 radical (unpaired) electrons. The van der Waals surface area contributed by atoms with Crippen LogP contribution in [-0.2, 0) is 4.74 Å². The van der Waals surface area contributed by atoms with Crippen molar-refractivity contribution >= 4 is 51.2 Å². The summed E-state index contributed by atoms with van der Waals surface area (Å²) in [5, 5.41) is 3.66. The third-order valence-corrected chi connectivity index (χ3v) is 5.08. The molecule has 1 aliphatic heterocycles. The van der Waals surface area contributed by atoms with E-state index in [0.717, 1.165) is 35.4 Å². The number of halogens is 1. The van der Waals surface area contributed by atoms with E-state index in [-0.39, 0.29) is 6.23 Å². The van der Waals surface area contributed by atoms with Crippen LogP contribution in [0.4, 0.5) is 11.5 Å². The number of fused-ring (bicyclic) bond motifs is 1. The lowest BCUT2D eigenvalue weighted by molar-refractivity contribution is 0.0592. The van der Waals surface area contributed by atoms with Gasteiger partial charge >= 0.3 is 0 Å². The van der Waals surface area contributed by atoms with Crippen molar-refractivity contribution < 1.29 is 9.47 Å². The molecule has 1 N–H and O–H groups in total. The molecule has 9 heteroatoms. The summed E-state index contributed by atoms with van der Waals surface area (Å²) in [6.45, 7) is 0.755. The molecule has 1 unspecified atom stereocenters. The van der Waals surface area contributed by atoms with E-state index in [2.05, 4.69) is 48.8 Å². The van der Waals surface area contributed by atoms with Gasteiger partial charge in [-0.1, -0.05) is 6.07 Å². The molecule has 3 heterocycles. The quantitative estimate of drug-likeness (QED) is 0.490. The van der Waals surface area contributed by atoms with Crippen molar-refractivity contribution in [2.45, 2.75) is 24.2 Å². The Balaban J connectivity index is 1.77. The number of methoxy groups -OCH3 is 1. The van der Waals surface area contributed by atoms with Gasteiger partial charge in [0.2, 0.25) is 0 Å². The maximum Gasteiger partial charge on any atom is 0.188 e. The van der Waals surface area contributed by atoms with Gasteiger partial charge in [0, 0.05) is 6.61 Å². The molecule has 130 valence electrons. The first kappa shape index (κ1) is 16.6. The van der Waals surface area contributed by atoms with Gasteiger partial charge in [0.1, 0.15) is 12.0 Å². The number of thiol groups is 1. The Morgan fingerprint density at radius 1 is 1.40 bits per heavy atom.